The molecule has 0 fully saturated rings. The highest BCUT2D eigenvalue weighted by atomic mass is 19.4. The Kier molecular flexibility index (Phi) is 9.48. The second kappa shape index (κ2) is 13.3. The average molecular weight is 695 g/mol. The molecule has 4 aromatic carbocycles. The van der Waals surface area contributed by atoms with Crippen LogP contribution in [0.4, 0.5) is 39.5 Å². The number of alkyl halides is 7. The zero-order chi connectivity index (χ0) is 35.7. The SMILES string of the molecule is O=C(CC(N1C(=O)c2ccccc2C1=O)C(F)(F)F)N[C@](Cc1ccccc1)(c1ccc(F)cc1)c1cc(F)cc(OC(F)(F)C(F)F)c1. The summed E-state index contributed by atoms with van der Waals surface area (Å²) >= 11 is 0. The minimum absolute atomic E-state index is 0.0957. The van der Waals surface area contributed by atoms with Crippen molar-refractivity contribution in [2.75, 3.05) is 0 Å². The van der Waals surface area contributed by atoms with Gasteiger partial charge >= 0.3 is 18.7 Å². The minimum atomic E-state index is -5.34. The van der Waals surface area contributed by atoms with Gasteiger partial charge in [0.2, 0.25) is 5.91 Å². The quantitative estimate of drug-likeness (QED) is 0.131. The van der Waals surface area contributed by atoms with Crippen LogP contribution < -0.4 is 10.1 Å². The lowest BCUT2D eigenvalue weighted by Gasteiger charge is -2.38. The van der Waals surface area contributed by atoms with E-state index >= 15 is 4.39 Å². The molecule has 49 heavy (non-hydrogen) atoms. The number of hydrogen-bond acceptors (Lipinski definition) is 4. The molecule has 1 heterocycles. The van der Waals surface area contributed by atoms with Crippen molar-refractivity contribution in [2.24, 2.45) is 0 Å². The van der Waals surface area contributed by atoms with Gasteiger partial charge in [-0.3, -0.25) is 19.3 Å². The van der Waals surface area contributed by atoms with E-state index in [9.17, 15) is 49.5 Å². The second-order valence-corrected chi connectivity index (χ2v) is 11.1. The third-order valence-electron chi connectivity index (χ3n) is 7.77. The molecule has 5 rings (SSSR count). The molecule has 1 aliphatic heterocycles. The number of amides is 3. The molecule has 0 aromatic heterocycles. The predicted octanol–water partition coefficient (Wildman–Crippen LogP) is 7.42. The molecule has 1 unspecified atom stereocenters. The Bertz CT molecular complexity index is 1830. The normalized spacial score (nSPS) is 15.2. The monoisotopic (exact) mass is 694 g/mol. The number of carbonyl (C=O) groups excluding carboxylic acids is 3. The van der Waals surface area contributed by atoms with E-state index in [0.717, 1.165) is 36.4 Å². The number of carbonyl (C=O) groups is 3. The van der Waals surface area contributed by atoms with E-state index in [4.69, 9.17) is 0 Å². The molecule has 1 aliphatic rings. The largest absolute Gasteiger partial charge is 0.461 e. The van der Waals surface area contributed by atoms with Crippen LogP contribution in [0.5, 0.6) is 5.75 Å². The summed E-state index contributed by atoms with van der Waals surface area (Å²) < 4.78 is 131. The van der Waals surface area contributed by atoms with Crippen LogP contribution >= 0.6 is 0 Å². The molecule has 15 heteroatoms. The molecule has 2 atom stereocenters. The number of imide groups is 1. The van der Waals surface area contributed by atoms with Gasteiger partial charge in [-0.15, -0.1) is 0 Å². The standard InChI is InChI=1S/C34H23F9N2O4/c35-22-12-10-20(11-13-22)32(18-19-6-2-1-3-7-19,21-14-23(36)16-24(15-21)49-34(42,43)31(37)38)44-28(46)17-27(33(39,40)41)45-29(47)25-8-4-5-9-26(25)30(45)48/h1-16,27,31H,17-18H2,(H,44,46)/t27?,32-/m1/s1. The summed E-state index contributed by atoms with van der Waals surface area (Å²) in [7, 11) is 0. The molecule has 4 aromatic rings. The number of benzene rings is 4. The molecule has 0 aliphatic carbocycles. The van der Waals surface area contributed by atoms with Crippen molar-refractivity contribution in [3.05, 3.63) is 137 Å². The van der Waals surface area contributed by atoms with Crippen LogP contribution in [0.3, 0.4) is 0 Å². The summed E-state index contributed by atoms with van der Waals surface area (Å²) in [4.78, 5) is 39.6. The lowest BCUT2D eigenvalue weighted by Crippen LogP contribution is -2.54. The molecule has 0 radical (unpaired) electrons. The van der Waals surface area contributed by atoms with Gasteiger partial charge in [0.25, 0.3) is 11.8 Å². The van der Waals surface area contributed by atoms with Crippen LogP contribution in [0, 0.1) is 11.6 Å². The van der Waals surface area contributed by atoms with Gasteiger partial charge in [-0.25, -0.2) is 8.78 Å². The predicted molar refractivity (Wildman–Crippen MR) is 155 cm³/mol. The van der Waals surface area contributed by atoms with Gasteiger partial charge in [-0.05, 0) is 53.1 Å². The highest BCUT2D eigenvalue weighted by Crippen LogP contribution is 2.39. The number of nitrogens with zero attached hydrogens (tertiary/aromatic N) is 1. The summed E-state index contributed by atoms with van der Waals surface area (Å²) in [6.45, 7) is 0. The fourth-order valence-electron chi connectivity index (χ4n) is 5.57. The maximum absolute atomic E-state index is 15.1. The summed E-state index contributed by atoms with van der Waals surface area (Å²) in [6, 6.07) is 15.3. The first-order valence-corrected chi connectivity index (χ1v) is 14.3. The van der Waals surface area contributed by atoms with Crippen molar-refractivity contribution in [1.82, 2.24) is 10.2 Å². The molecule has 256 valence electrons. The van der Waals surface area contributed by atoms with E-state index in [2.05, 4.69) is 10.1 Å². The Hall–Kier alpha value is -5.34. The third-order valence-corrected chi connectivity index (χ3v) is 7.77. The van der Waals surface area contributed by atoms with Crippen molar-refractivity contribution in [1.29, 1.82) is 0 Å². The highest BCUT2D eigenvalue weighted by molar-refractivity contribution is 6.21. The van der Waals surface area contributed by atoms with Crippen LogP contribution in [0.2, 0.25) is 0 Å². The fourth-order valence-corrected chi connectivity index (χ4v) is 5.57. The van der Waals surface area contributed by atoms with Gasteiger partial charge in [0, 0.05) is 12.5 Å². The zero-order valence-corrected chi connectivity index (χ0v) is 24.8. The number of ether oxygens (including phenoxy) is 1. The Balaban J connectivity index is 1.64. The van der Waals surface area contributed by atoms with Crippen LogP contribution in [0.25, 0.3) is 0 Å². The molecule has 0 spiro atoms. The summed E-state index contributed by atoms with van der Waals surface area (Å²) in [5.41, 5.74) is -3.10. The minimum Gasteiger partial charge on any atom is -0.428 e. The number of fused-ring (bicyclic) bond motifs is 1. The Morgan fingerprint density at radius 1 is 0.735 bits per heavy atom. The number of hydrogen-bond donors (Lipinski definition) is 1. The third kappa shape index (κ3) is 7.25. The Morgan fingerprint density at radius 3 is 1.86 bits per heavy atom. The van der Waals surface area contributed by atoms with E-state index in [-0.39, 0.29) is 21.6 Å². The second-order valence-electron chi connectivity index (χ2n) is 11.1. The van der Waals surface area contributed by atoms with Gasteiger partial charge in [-0.2, -0.15) is 30.7 Å². The maximum atomic E-state index is 15.1. The van der Waals surface area contributed by atoms with E-state index in [1.54, 1.807) is 6.07 Å². The molecular formula is C34H23F9N2O4. The van der Waals surface area contributed by atoms with E-state index in [1.807, 2.05) is 0 Å². The Morgan fingerprint density at radius 2 is 1.31 bits per heavy atom. The van der Waals surface area contributed by atoms with Crippen molar-refractivity contribution >= 4 is 17.7 Å². The van der Waals surface area contributed by atoms with Crippen molar-refractivity contribution in [2.45, 2.75) is 43.1 Å². The van der Waals surface area contributed by atoms with Gasteiger partial charge in [-0.1, -0.05) is 54.6 Å². The van der Waals surface area contributed by atoms with Crippen molar-refractivity contribution in [3.63, 3.8) is 0 Å². The van der Waals surface area contributed by atoms with E-state index < -0.39 is 83.8 Å². The molecule has 0 saturated heterocycles. The number of nitrogens with one attached hydrogen (secondary N) is 1. The summed E-state index contributed by atoms with van der Waals surface area (Å²) in [5.74, 6) is -7.35. The molecular weight excluding hydrogens is 671 g/mol. The summed E-state index contributed by atoms with van der Waals surface area (Å²) in [5, 5.41) is 2.38. The van der Waals surface area contributed by atoms with Crippen LogP contribution in [-0.2, 0) is 16.8 Å². The molecule has 0 bridgehead atoms. The van der Waals surface area contributed by atoms with Gasteiger partial charge < -0.3 is 10.1 Å². The number of rotatable bonds is 11. The zero-order valence-electron chi connectivity index (χ0n) is 24.8. The molecule has 3 amide bonds. The van der Waals surface area contributed by atoms with Gasteiger partial charge in [0.1, 0.15) is 23.4 Å². The number of halogens is 9. The lowest BCUT2D eigenvalue weighted by molar-refractivity contribution is -0.253. The van der Waals surface area contributed by atoms with Gasteiger partial charge in [0.15, 0.2) is 0 Å². The molecule has 1 N–H and O–H groups in total. The first-order valence-electron chi connectivity index (χ1n) is 14.3. The topological polar surface area (TPSA) is 75.7 Å². The van der Waals surface area contributed by atoms with E-state index in [0.29, 0.717) is 23.8 Å². The van der Waals surface area contributed by atoms with E-state index in [1.165, 1.54) is 36.4 Å². The lowest BCUT2D eigenvalue weighted by atomic mass is 9.77. The highest BCUT2D eigenvalue weighted by Gasteiger charge is 2.53. The maximum Gasteiger partial charge on any atom is 0.461 e. The smallest absolute Gasteiger partial charge is 0.428 e. The summed E-state index contributed by atoms with van der Waals surface area (Å²) in [6.07, 6.45) is -16.8. The van der Waals surface area contributed by atoms with Crippen molar-refractivity contribution in [3.8, 4) is 5.75 Å². The molecule has 6 nitrogen and oxygen atoms in total. The van der Waals surface area contributed by atoms with Crippen LogP contribution in [-0.4, -0.2) is 47.4 Å². The van der Waals surface area contributed by atoms with Crippen LogP contribution in [0.1, 0.15) is 43.8 Å². The average Bonchev–Trinajstić information content (AvgIpc) is 3.28. The van der Waals surface area contributed by atoms with Crippen molar-refractivity contribution < 1.29 is 58.6 Å². The first-order chi connectivity index (χ1) is 23.0. The van der Waals surface area contributed by atoms with Crippen LogP contribution in [0.15, 0.2) is 97.1 Å². The fraction of sp³-hybridized carbons (Fsp3) is 0.206. The molecule has 0 saturated carbocycles. The Labute approximate surface area is 272 Å². The van der Waals surface area contributed by atoms with Gasteiger partial charge in [0.05, 0.1) is 23.1 Å². The first kappa shape index (κ1) is 35.0.